The first kappa shape index (κ1) is 20.6. The highest BCUT2D eigenvalue weighted by atomic mass is 19.1. The van der Waals surface area contributed by atoms with Crippen molar-refractivity contribution < 1.29 is 9.50 Å². The molecule has 8 nitrogen and oxygen atoms in total. The summed E-state index contributed by atoms with van der Waals surface area (Å²) in [5.74, 6) is -0.556. The number of phenolic OH excluding ortho intramolecular Hbond substituents is 1. The minimum atomic E-state index is -0.578. The molecule has 0 saturated carbocycles. The summed E-state index contributed by atoms with van der Waals surface area (Å²) in [6.45, 7) is 4.01. The van der Waals surface area contributed by atoms with Crippen LogP contribution < -0.4 is 5.73 Å². The van der Waals surface area contributed by atoms with Crippen molar-refractivity contribution in [2.75, 3.05) is 5.73 Å². The standard InChI is InChI=1S/C24H22FN7O/c1-13-19(21(29-31(13)3)15-7-5-4-6-8-15)14(2)32-24-20(23(26)27-12-28-24)22(30-32)16-9-17(25)11-18(33)10-16/h4-12,14,33H,1-3H3,(H2,26,27,28). The number of nitrogen functional groups attached to an aromatic ring is 1. The molecule has 9 heteroatoms. The largest absolute Gasteiger partial charge is 0.508 e. The van der Waals surface area contributed by atoms with Crippen LogP contribution in [0.5, 0.6) is 5.75 Å². The van der Waals surface area contributed by atoms with Gasteiger partial charge in [-0.1, -0.05) is 30.3 Å². The number of benzene rings is 2. The number of hydrogen-bond acceptors (Lipinski definition) is 6. The van der Waals surface area contributed by atoms with Crippen LogP contribution in [0.3, 0.4) is 0 Å². The number of phenols is 1. The van der Waals surface area contributed by atoms with E-state index >= 15 is 0 Å². The topological polar surface area (TPSA) is 108 Å². The van der Waals surface area contributed by atoms with Crippen LogP contribution >= 0.6 is 0 Å². The molecule has 0 saturated heterocycles. The third-order valence-corrected chi connectivity index (χ3v) is 5.89. The Labute approximate surface area is 189 Å². The number of rotatable bonds is 4. The number of anilines is 1. The molecule has 5 rings (SSSR count). The Morgan fingerprint density at radius 1 is 1.00 bits per heavy atom. The predicted molar refractivity (Wildman–Crippen MR) is 124 cm³/mol. The minimum absolute atomic E-state index is 0.203. The number of halogens is 1. The molecule has 33 heavy (non-hydrogen) atoms. The van der Waals surface area contributed by atoms with E-state index in [1.54, 1.807) is 4.68 Å². The van der Waals surface area contributed by atoms with E-state index in [0.717, 1.165) is 28.6 Å². The fourth-order valence-corrected chi connectivity index (χ4v) is 4.23. The van der Waals surface area contributed by atoms with Crippen LogP contribution in [0, 0.1) is 12.7 Å². The molecule has 3 heterocycles. The highest BCUT2D eigenvalue weighted by Crippen LogP contribution is 2.37. The Balaban J connectivity index is 1.75. The van der Waals surface area contributed by atoms with Gasteiger partial charge in [-0.25, -0.2) is 19.0 Å². The van der Waals surface area contributed by atoms with E-state index in [4.69, 9.17) is 15.9 Å². The fraction of sp³-hybridized carbons (Fsp3) is 0.167. The number of aryl methyl sites for hydroxylation is 1. The number of hydrogen-bond donors (Lipinski definition) is 2. The third kappa shape index (κ3) is 3.38. The monoisotopic (exact) mass is 443 g/mol. The Hall–Kier alpha value is -4.27. The van der Waals surface area contributed by atoms with Crippen molar-refractivity contribution in [3.05, 3.63) is 71.9 Å². The van der Waals surface area contributed by atoms with E-state index in [1.807, 2.05) is 55.9 Å². The summed E-state index contributed by atoms with van der Waals surface area (Å²) in [5.41, 5.74) is 11.3. The maximum atomic E-state index is 14.1. The lowest BCUT2D eigenvalue weighted by atomic mass is 10.0. The second-order valence-electron chi connectivity index (χ2n) is 7.96. The molecule has 1 unspecified atom stereocenters. The average Bonchev–Trinajstić information content (AvgIpc) is 3.32. The summed E-state index contributed by atoms with van der Waals surface area (Å²) in [5, 5.41) is 20.0. The van der Waals surface area contributed by atoms with Gasteiger partial charge in [0.15, 0.2) is 5.65 Å². The summed E-state index contributed by atoms with van der Waals surface area (Å²) in [6, 6.07) is 13.4. The first-order valence-electron chi connectivity index (χ1n) is 10.4. The molecule has 3 aromatic heterocycles. The lowest BCUT2D eigenvalue weighted by molar-refractivity contribution is 0.469. The minimum Gasteiger partial charge on any atom is -0.508 e. The molecule has 0 bridgehead atoms. The number of nitrogens with two attached hydrogens (primary N) is 1. The van der Waals surface area contributed by atoms with Gasteiger partial charge in [-0.3, -0.25) is 4.68 Å². The number of nitrogens with zero attached hydrogens (tertiary/aromatic N) is 6. The van der Waals surface area contributed by atoms with Crippen molar-refractivity contribution in [3.8, 4) is 28.3 Å². The van der Waals surface area contributed by atoms with Crippen molar-refractivity contribution in [1.82, 2.24) is 29.5 Å². The summed E-state index contributed by atoms with van der Waals surface area (Å²) < 4.78 is 17.7. The van der Waals surface area contributed by atoms with Crippen LogP contribution in [-0.4, -0.2) is 34.6 Å². The van der Waals surface area contributed by atoms with Crippen LogP contribution in [0.2, 0.25) is 0 Å². The van der Waals surface area contributed by atoms with Crippen molar-refractivity contribution in [2.45, 2.75) is 19.9 Å². The van der Waals surface area contributed by atoms with Crippen molar-refractivity contribution in [2.24, 2.45) is 7.05 Å². The molecule has 5 aromatic rings. The van der Waals surface area contributed by atoms with E-state index in [1.165, 1.54) is 18.5 Å². The van der Waals surface area contributed by atoms with Gasteiger partial charge in [0.2, 0.25) is 0 Å². The van der Waals surface area contributed by atoms with Gasteiger partial charge in [0.05, 0.1) is 17.1 Å². The summed E-state index contributed by atoms with van der Waals surface area (Å²) >= 11 is 0. The second kappa shape index (κ2) is 7.70. The first-order valence-corrected chi connectivity index (χ1v) is 10.4. The second-order valence-corrected chi connectivity index (χ2v) is 7.96. The molecule has 2 aromatic carbocycles. The highest BCUT2D eigenvalue weighted by Gasteiger charge is 2.26. The Kier molecular flexibility index (Phi) is 4.81. The van der Waals surface area contributed by atoms with E-state index < -0.39 is 5.82 Å². The van der Waals surface area contributed by atoms with E-state index in [2.05, 4.69) is 9.97 Å². The van der Waals surface area contributed by atoms with Gasteiger partial charge in [0.25, 0.3) is 0 Å². The predicted octanol–water partition coefficient (Wildman–Crippen LogP) is 4.24. The van der Waals surface area contributed by atoms with Gasteiger partial charge in [-0.15, -0.1) is 0 Å². The quantitative estimate of drug-likeness (QED) is 0.430. The third-order valence-electron chi connectivity index (χ3n) is 5.89. The van der Waals surface area contributed by atoms with Crippen molar-refractivity contribution in [3.63, 3.8) is 0 Å². The van der Waals surface area contributed by atoms with Crippen LogP contribution in [0.25, 0.3) is 33.5 Å². The van der Waals surface area contributed by atoms with Crippen LogP contribution in [0.1, 0.15) is 24.2 Å². The molecule has 0 amide bonds. The first-order chi connectivity index (χ1) is 15.8. The number of aromatic nitrogens is 6. The average molecular weight is 443 g/mol. The Bertz CT molecular complexity index is 1470. The molecule has 3 N–H and O–H groups in total. The maximum Gasteiger partial charge on any atom is 0.164 e. The van der Waals surface area contributed by atoms with Gasteiger partial charge < -0.3 is 10.8 Å². The van der Waals surface area contributed by atoms with Gasteiger partial charge in [0, 0.05) is 35.5 Å². The molecule has 0 fully saturated rings. The molecule has 0 radical (unpaired) electrons. The van der Waals surface area contributed by atoms with E-state index in [0.29, 0.717) is 22.3 Å². The number of fused-ring (bicyclic) bond motifs is 1. The zero-order valence-electron chi connectivity index (χ0n) is 18.4. The SMILES string of the molecule is Cc1c(C(C)n2nc(-c3cc(O)cc(F)c3)c3c(N)ncnc32)c(-c2ccccc2)nn1C. The smallest absolute Gasteiger partial charge is 0.164 e. The Morgan fingerprint density at radius 2 is 1.76 bits per heavy atom. The zero-order valence-corrected chi connectivity index (χ0v) is 18.4. The summed E-state index contributed by atoms with van der Waals surface area (Å²) in [4.78, 5) is 8.56. The molecule has 0 aliphatic carbocycles. The molecular formula is C24H22FN7O. The van der Waals surface area contributed by atoms with E-state index in [-0.39, 0.29) is 17.6 Å². The van der Waals surface area contributed by atoms with Gasteiger partial charge >= 0.3 is 0 Å². The van der Waals surface area contributed by atoms with Crippen LogP contribution in [-0.2, 0) is 7.05 Å². The molecule has 166 valence electrons. The Morgan fingerprint density at radius 3 is 2.48 bits per heavy atom. The summed E-state index contributed by atoms with van der Waals surface area (Å²) in [6.07, 6.45) is 1.38. The molecule has 1 atom stereocenters. The fourth-order valence-electron chi connectivity index (χ4n) is 4.23. The zero-order chi connectivity index (χ0) is 23.3. The van der Waals surface area contributed by atoms with Gasteiger partial charge in [0.1, 0.15) is 29.4 Å². The molecule has 0 aliphatic rings. The van der Waals surface area contributed by atoms with Gasteiger partial charge in [-0.2, -0.15) is 10.2 Å². The lowest BCUT2D eigenvalue weighted by Crippen LogP contribution is -2.11. The van der Waals surface area contributed by atoms with Crippen LogP contribution in [0.4, 0.5) is 10.2 Å². The van der Waals surface area contributed by atoms with Crippen molar-refractivity contribution in [1.29, 1.82) is 0 Å². The molecular weight excluding hydrogens is 421 g/mol. The molecule has 0 aliphatic heterocycles. The number of aromatic hydroxyl groups is 1. The lowest BCUT2D eigenvalue weighted by Gasteiger charge is -2.15. The highest BCUT2D eigenvalue weighted by molar-refractivity contribution is 5.98. The van der Waals surface area contributed by atoms with Gasteiger partial charge in [-0.05, 0) is 26.0 Å². The van der Waals surface area contributed by atoms with Crippen molar-refractivity contribution >= 4 is 16.9 Å². The maximum absolute atomic E-state index is 14.1. The van der Waals surface area contributed by atoms with E-state index in [9.17, 15) is 9.50 Å². The normalized spacial score (nSPS) is 12.4. The summed E-state index contributed by atoms with van der Waals surface area (Å²) in [7, 11) is 1.90. The molecule has 0 spiro atoms. The van der Waals surface area contributed by atoms with Crippen LogP contribution in [0.15, 0.2) is 54.9 Å².